The van der Waals surface area contributed by atoms with Gasteiger partial charge in [-0.3, -0.25) is 20.7 Å². The van der Waals surface area contributed by atoms with Crippen LogP contribution in [0.3, 0.4) is 0 Å². The monoisotopic (exact) mass is 310 g/mol. The van der Waals surface area contributed by atoms with Gasteiger partial charge in [0.2, 0.25) is 0 Å². The zero-order valence-electron chi connectivity index (χ0n) is 10.4. The van der Waals surface area contributed by atoms with Crippen LogP contribution >= 0.6 is 0 Å². The van der Waals surface area contributed by atoms with E-state index in [1.165, 1.54) is 30.9 Å². The Kier molecular flexibility index (Phi) is 3.95. The van der Waals surface area contributed by atoms with E-state index in [9.17, 15) is 18.5 Å². The Balaban J connectivity index is 2.41. The zero-order chi connectivity index (χ0) is 15.5. The number of nitrogens with one attached hydrogen (secondary N) is 2. The Morgan fingerprint density at radius 1 is 1.24 bits per heavy atom. The second-order valence-electron chi connectivity index (χ2n) is 3.81. The minimum atomic E-state index is -4.00. The van der Waals surface area contributed by atoms with Gasteiger partial charge in [0.1, 0.15) is 12.0 Å². The first-order chi connectivity index (χ1) is 9.94. The van der Waals surface area contributed by atoms with E-state index in [0.717, 1.165) is 6.07 Å². The smallest absolute Gasteiger partial charge is 0.295 e. The highest BCUT2D eigenvalue weighted by molar-refractivity contribution is 7.92. The first-order valence-corrected chi connectivity index (χ1v) is 6.95. The van der Waals surface area contributed by atoms with Gasteiger partial charge in [-0.15, -0.1) is 0 Å². The molecule has 11 heteroatoms. The molecule has 0 atom stereocenters. The lowest BCUT2D eigenvalue weighted by molar-refractivity contribution is -0.384. The molecular weight excluding hydrogens is 300 g/mol. The third kappa shape index (κ3) is 3.21. The molecule has 4 N–H and O–H groups in total. The quantitative estimate of drug-likeness (QED) is 0.409. The number of hydrazine groups is 1. The van der Waals surface area contributed by atoms with Crippen molar-refractivity contribution in [3.8, 4) is 0 Å². The van der Waals surface area contributed by atoms with E-state index in [0.29, 0.717) is 0 Å². The van der Waals surface area contributed by atoms with Crippen LogP contribution < -0.4 is 16.0 Å². The van der Waals surface area contributed by atoms with Crippen LogP contribution in [-0.4, -0.2) is 23.3 Å². The van der Waals surface area contributed by atoms with Crippen molar-refractivity contribution >= 4 is 27.1 Å². The SMILES string of the molecule is NNc1ccc(S(=O)(=O)Nc2cncnc2)cc1[N+](=O)[O-]. The molecule has 2 rings (SSSR count). The highest BCUT2D eigenvalue weighted by atomic mass is 32.2. The molecule has 0 saturated carbocycles. The van der Waals surface area contributed by atoms with Crippen LogP contribution in [-0.2, 0) is 10.0 Å². The molecule has 0 aliphatic carbocycles. The third-order valence-corrected chi connectivity index (χ3v) is 3.82. The summed E-state index contributed by atoms with van der Waals surface area (Å²) in [4.78, 5) is 17.2. The van der Waals surface area contributed by atoms with Crippen molar-refractivity contribution in [2.75, 3.05) is 10.1 Å². The first kappa shape index (κ1) is 14.6. The lowest BCUT2D eigenvalue weighted by Crippen LogP contribution is -2.15. The molecule has 0 bridgehead atoms. The summed E-state index contributed by atoms with van der Waals surface area (Å²) in [5.74, 6) is 5.14. The van der Waals surface area contributed by atoms with Gasteiger partial charge in [-0.05, 0) is 12.1 Å². The molecule has 21 heavy (non-hydrogen) atoms. The van der Waals surface area contributed by atoms with Crippen LogP contribution in [0.15, 0.2) is 41.8 Å². The molecule has 0 radical (unpaired) electrons. The van der Waals surface area contributed by atoms with E-state index < -0.39 is 20.6 Å². The lowest BCUT2D eigenvalue weighted by atomic mass is 10.3. The molecule has 0 aliphatic heterocycles. The Hall–Kier alpha value is -2.79. The topological polar surface area (TPSA) is 153 Å². The minimum Gasteiger partial charge on any atom is -0.318 e. The van der Waals surface area contributed by atoms with Crippen LogP contribution in [0.4, 0.5) is 17.1 Å². The molecule has 0 unspecified atom stereocenters. The maximum Gasteiger partial charge on any atom is 0.295 e. The maximum absolute atomic E-state index is 12.1. The second-order valence-corrected chi connectivity index (χ2v) is 5.50. The molecule has 10 nitrogen and oxygen atoms in total. The summed E-state index contributed by atoms with van der Waals surface area (Å²) in [5.41, 5.74) is 1.82. The van der Waals surface area contributed by atoms with Crippen LogP contribution in [0.1, 0.15) is 0 Å². The molecule has 0 aliphatic rings. The molecule has 0 spiro atoms. The predicted molar refractivity (Wildman–Crippen MR) is 73.7 cm³/mol. The van der Waals surface area contributed by atoms with Gasteiger partial charge >= 0.3 is 0 Å². The number of aromatic nitrogens is 2. The van der Waals surface area contributed by atoms with Crippen LogP contribution in [0.5, 0.6) is 0 Å². The van der Waals surface area contributed by atoms with Gasteiger partial charge in [0, 0.05) is 6.07 Å². The number of hydrogen-bond donors (Lipinski definition) is 3. The molecule has 0 amide bonds. The number of nitrogens with zero attached hydrogens (tertiary/aromatic N) is 3. The summed E-state index contributed by atoms with van der Waals surface area (Å²) in [6, 6.07) is 3.30. The van der Waals surface area contributed by atoms with E-state index in [1.807, 2.05) is 0 Å². The average Bonchev–Trinajstić information content (AvgIpc) is 2.47. The summed E-state index contributed by atoms with van der Waals surface area (Å²) in [6.45, 7) is 0. The molecule has 0 saturated heterocycles. The fraction of sp³-hybridized carbons (Fsp3) is 0. The average molecular weight is 310 g/mol. The third-order valence-electron chi connectivity index (χ3n) is 2.44. The fourth-order valence-corrected chi connectivity index (χ4v) is 2.57. The fourth-order valence-electron chi connectivity index (χ4n) is 1.52. The van der Waals surface area contributed by atoms with Crippen molar-refractivity contribution in [1.29, 1.82) is 0 Å². The van der Waals surface area contributed by atoms with E-state index in [-0.39, 0.29) is 16.3 Å². The molecule has 110 valence electrons. The van der Waals surface area contributed by atoms with Gasteiger partial charge in [0.15, 0.2) is 0 Å². The van der Waals surface area contributed by atoms with Gasteiger partial charge in [-0.1, -0.05) is 0 Å². The first-order valence-electron chi connectivity index (χ1n) is 5.47. The number of anilines is 2. The predicted octanol–water partition coefficient (Wildman–Crippen LogP) is 0.471. The largest absolute Gasteiger partial charge is 0.318 e. The summed E-state index contributed by atoms with van der Waals surface area (Å²) in [6.07, 6.45) is 3.76. The van der Waals surface area contributed by atoms with Gasteiger partial charge in [0.25, 0.3) is 15.7 Å². The van der Waals surface area contributed by atoms with E-state index in [2.05, 4.69) is 20.1 Å². The number of nitro groups is 1. The number of rotatable bonds is 5. The number of benzene rings is 1. The van der Waals surface area contributed by atoms with Crippen molar-refractivity contribution in [2.45, 2.75) is 4.90 Å². The van der Waals surface area contributed by atoms with Crippen LogP contribution in [0.2, 0.25) is 0 Å². The summed E-state index contributed by atoms with van der Waals surface area (Å²) in [5, 5.41) is 10.9. The van der Waals surface area contributed by atoms with Crippen molar-refractivity contribution < 1.29 is 13.3 Å². The molecule has 1 aromatic carbocycles. The molecular formula is C10H10N6O4S. The number of nitrogens with two attached hydrogens (primary N) is 1. The standard InChI is InChI=1S/C10H10N6O4S/c11-14-9-2-1-8(3-10(9)16(17)18)21(19,20)15-7-4-12-6-13-5-7/h1-6,14-15H,11H2. The number of hydrogen-bond acceptors (Lipinski definition) is 8. The Labute approximate surface area is 119 Å². The van der Waals surface area contributed by atoms with E-state index in [4.69, 9.17) is 5.84 Å². The number of nitro benzene ring substituents is 1. The lowest BCUT2D eigenvalue weighted by Gasteiger charge is -2.08. The van der Waals surface area contributed by atoms with Crippen molar-refractivity contribution in [2.24, 2.45) is 5.84 Å². The highest BCUT2D eigenvalue weighted by Gasteiger charge is 2.21. The van der Waals surface area contributed by atoms with E-state index >= 15 is 0 Å². The van der Waals surface area contributed by atoms with Crippen LogP contribution in [0.25, 0.3) is 0 Å². The molecule has 1 aromatic heterocycles. The molecule has 0 fully saturated rings. The molecule has 1 heterocycles. The second kappa shape index (κ2) is 5.68. The summed E-state index contributed by atoms with van der Waals surface area (Å²) >= 11 is 0. The number of nitrogen functional groups attached to an aromatic ring is 1. The van der Waals surface area contributed by atoms with Crippen molar-refractivity contribution in [3.05, 3.63) is 47.0 Å². The van der Waals surface area contributed by atoms with Gasteiger partial charge < -0.3 is 5.43 Å². The molecule has 2 aromatic rings. The Bertz CT molecular complexity index is 764. The van der Waals surface area contributed by atoms with Gasteiger partial charge in [-0.25, -0.2) is 18.4 Å². The zero-order valence-corrected chi connectivity index (χ0v) is 11.2. The van der Waals surface area contributed by atoms with Gasteiger partial charge in [-0.2, -0.15) is 0 Å². The maximum atomic E-state index is 12.1. The van der Waals surface area contributed by atoms with Crippen molar-refractivity contribution in [3.63, 3.8) is 0 Å². The summed E-state index contributed by atoms with van der Waals surface area (Å²) in [7, 11) is -4.00. The number of sulfonamides is 1. The highest BCUT2D eigenvalue weighted by Crippen LogP contribution is 2.27. The normalized spacial score (nSPS) is 10.9. The Morgan fingerprint density at radius 2 is 1.90 bits per heavy atom. The minimum absolute atomic E-state index is 0.00185. The van der Waals surface area contributed by atoms with E-state index in [1.54, 1.807) is 0 Å². The van der Waals surface area contributed by atoms with Crippen molar-refractivity contribution in [1.82, 2.24) is 9.97 Å². The Morgan fingerprint density at radius 3 is 2.48 bits per heavy atom. The van der Waals surface area contributed by atoms with Crippen LogP contribution in [0, 0.1) is 10.1 Å². The van der Waals surface area contributed by atoms with Gasteiger partial charge in [0.05, 0.1) is 27.9 Å². The summed E-state index contributed by atoms with van der Waals surface area (Å²) < 4.78 is 26.5.